The van der Waals surface area contributed by atoms with Gasteiger partial charge in [0.25, 0.3) is 11.1 Å². The number of ether oxygens (including phenoxy) is 4. The number of nitrogens with zero attached hydrogens (tertiary/aromatic N) is 4. The van der Waals surface area contributed by atoms with Crippen LogP contribution < -0.4 is 46.2 Å². The van der Waals surface area contributed by atoms with E-state index in [-0.39, 0.29) is 11.5 Å². The normalized spacial score (nSPS) is 23.5. The number of aromatic amines is 2. The molecule has 0 spiro atoms. The van der Waals surface area contributed by atoms with Gasteiger partial charge in [-0.1, -0.05) is 36.4 Å². The van der Waals surface area contributed by atoms with Crippen LogP contribution in [0.25, 0.3) is 0 Å². The summed E-state index contributed by atoms with van der Waals surface area (Å²) in [6.07, 6.45) is -5.95. The van der Waals surface area contributed by atoms with E-state index in [0.29, 0.717) is 0 Å². The fourth-order valence-electron chi connectivity index (χ4n) is 7.88. The highest BCUT2D eigenvalue weighted by molar-refractivity contribution is 7.52. The Balaban J connectivity index is 0.000000247. The van der Waals surface area contributed by atoms with E-state index in [4.69, 9.17) is 37.6 Å². The highest BCUT2D eigenvalue weighted by atomic mass is 31.2. The summed E-state index contributed by atoms with van der Waals surface area (Å²) in [6, 6.07) is 18.7. The predicted molar refractivity (Wildman–Crippen MR) is 287 cm³/mol. The molecule has 0 radical (unpaired) electrons. The third kappa shape index (κ3) is 16.6. The van der Waals surface area contributed by atoms with E-state index < -0.39 is 170 Å². The molecular weight excluding hydrogens is 1200 g/mol. The highest BCUT2D eigenvalue weighted by Crippen LogP contribution is 2.50. The molecular formula is C52H59F5N8O19P2. The van der Waals surface area contributed by atoms with Crippen molar-refractivity contribution in [2.45, 2.75) is 117 Å². The minimum Gasteiger partial charge on any atom is -0.462 e. The second-order valence-corrected chi connectivity index (χ2v) is 23.0. The smallest absolute Gasteiger partial charge is 0.462 e. The molecule has 2 unspecified atom stereocenters. The number of H-pyrrole nitrogens is 2. The fourth-order valence-corrected chi connectivity index (χ4v) is 10.9. The number of carbonyl (C=O) groups excluding carboxylic acids is 2. The first kappa shape index (κ1) is 68.9. The summed E-state index contributed by atoms with van der Waals surface area (Å²) in [6.45, 7) is 10.8. The van der Waals surface area contributed by atoms with E-state index >= 15 is 0 Å². The van der Waals surface area contributed by atoms with E-state index in [1.807, 2.05) is 17.1 Å². The molecule has 466 valence electrons. The molecule has 2 fully saturated rings. The molecule has 86 heavy (non-hydrogen) atoms. The number of hydrogen-bond donors (Lipinski definition) is 7. The molecule has 7 N–H and O–H groups in total. The third-order valence-corrected chi connectivity index (χ3v) is 15.5. The number of aliphatic hydroxyl groups is 3. The van der Waals surface area contributed by atoms with Crippen LogP contribution in [0.5, 0.6) is 17.2 Å². The molecule has 0 bridgehead atoms. The molecule has 2 aromatic heterocycles. The van der Waals surface area contributed by atoms with Gasteiger partial charge in [-0.3, -0.25) is 42.8 Å². The summed E-state index contributed by atoms with van der Waals surface area (Å²) in [5.74, 6) is -15.2. The van der Waals surface area contributed by atoms with Crippen molar-refractivity contribution < 1.29 is 93.0 Å². The van der Waals surface area contributed by atoms with Crippen molar-refractivity contribution in [3.63, 3.8) is 0 Å². The lowest BCUT2D eigenvalue weighted by atomic mass is 9.84. The lowest BCUT2D eigenvalue weighted by molar-refractivity contribution is -0.150. The zero-order valence-corrected chi connectivity index (χ0v) is 48.5. The van der Waals surface area contributed by atoms with Gasteiger partial charge in [-0.05, 0) is 79.7 Å². The third-order valence-electron chi connectivity index (χ3n) is 12.3. The van der Waals surface area contributed by atoms with E-state index in [0.717, 1.165) is 27.5 Å². The summed E-state index contributed by atoms with van der Waals surface area (Å²) >= 11 is 0. The maximum absolute atomic E-state index is 14.0. The monoisotopic (exact) mass is 1260 g/mol. The van der Waals surface area contributed by atoms with E-state index in [9.17, 15) is 80.6 Å². The van der Waals surface area contributed by atoms with Gasteiger partial charge >= 0.3 is 38.8 Å². The number of aliphatic hydroxyl groups excluding tert-OH is 3. The van der Waals surface area contributed by atoms with Crippen molar-refractivity contribution in [1.29, 1.82) is 10.5 Å². The number of para-hydroxylation sites is 2. The van der Waals surface area contributed by atoms with Gasteiger partial charge < -0.3 is 47.8 Å². The van der Waals surface area contributed by atoms with Crippen LogP contribution in [0.15, 0.2) is 104 Å². The summed E-state index contributed by atoms with van der Waals surface area (Å²) in [5.41, 5.74) is -5.85. The molecule has 0 saturated carbocycles. The zero-order chi connectivity index (χ0) is 64.2. The Morgan fingerprint density at radius 3 is 1.38 bits per heavy atom. The quantitative estimate of drug-likeness (QED) is 0.0183. The van der Waals surface area contributed by atoms with Crippen molar-refractivity contribution in [2.75, 3.05) is 13.2 Å². The van der Waals surface area contributed by atoms with Crippen LogP contribution in [0.3, 0.4) is 0 Å². The van der Waals surface area contributed by atoms with Crippen molar-refractivity contribution in [2.24, 2.45) is 10.8 Å². The first-order valence-electron chi connectivity index (χ1n) is 25.5. The van der Waals surface area contributed by atoms with Crippen LogP contribution in [0.4, 0.5) is 22.0 Å². The summed E-state index contributed by atoms with van der Waals surface area (Å²) in [7, 11) is -9.18. The van der Waals surface area contributed by atoms with Crippen molar-refractivity contribution in [3.8, 4) is 29.4 Å². The van der Waals surface area contributed by atoms with E-state index in [1.54, 1.807) is 38.1 Å². The molecule has 2 aliphatic rings. The highest BCUT2D eigenvalue weighted by Gasteiger charge is 2.56. The number of carbonyl (C=O) groups is 2. The van der Waals surface area contributed by atoms with Gasteiger partial charge in [0.1, 0.15) is 58.8 Å². The standard InChI is InChI=1S/C23H29N4O9P.C18H17F5NO5P.C11H13N3O5/c1-14(2)34-20(30)15(3)26-37(32,36-16-8-6-5-7-9-16)33-12-17-19(29)23(4,13-24)21(35-17)27-11-10-18(28)25-22(27)31;1-9(2)27-18(25)10(3)24-30(26,28-11-7-5-4-6-8-11)29-17-15(22)13(20)12(19)14(21)16(17)23;1-11(5-12)8(17)6(4-15)19-9(11)14-3-2-7(16)13-10(14)18/h5-11,14-15,17,19,21,29H,12H2,1-4H3,(H,26,32)(H,25,28,31);4-10H,1-3H3,(H,24,26);2-3,6,8-9,15,17H,4H2,1H3,(H,13,16,18)/t15-,17+,19+,21+,23+,37?;10-,30?;6-,8-,9-,11-/m001/s1. The Labute approximate surface area is 484 Å². The summed E-state index contributed by atoms with van der Waals surface area (Å²) < 4.78 is 139. The molecule has 7 rings (SSSR count). The number of halogens is 5. The minimum absolute atomic E-state index is 0.137. The summed E-state index contributed by atoms with van der Waals surface area (Å²) in [4.78, 5) is 74.9. The SMILES string of the molecule is CC(C)OC(=O)[C@H](C)NP(=O)(OC[C@H]1O[C@@H](n2ccc(=O)[nH]c2=O)[C@](C)(C#N)[C@@H]1O)Oc1ccccc1.CC(C)OC(=O)[C@H](C)NP(=O)(Oc1ccccc1)Oc1c(F)c(F)c(F)c(F)c1F.C[C@@]1(C#N)[C@H](O)[C@@H](CO)O[C@H]1n1ccc(=O)[nH]c1=O. The molecule has 4 heterocycles. The number of esters is 2. The molecule has 27 nitrogen and oxygen atoms in total. The van der Waals surface area contributed by atoms with Crippen molar-refractivity contribution in [3.05, 3.63) is 156 Å². The van der Waals surface area contributed by atoms with Gasteiger partial charge in [0.05, 0.1) is 37.6 Å². The molecule has 2 saturated heterocycles. The minimum atomic E-state index is -4.91. The number of nitrogens with one attached hydrogen (secondary N) is 4. The zero-order valence-electron chi connectivity index (χ0n) is 46.7. The van der Waals surface area contributed by atoms with Gasteiger partial charge in [-0.25, -0.2) is 31.9 Å². The molecule has 5 aromatic rings. The first-order chi connectivity index (χ1) is 40.3. The molecule has 0 aliphatic carbocycles. The van der Waals surface area contributed by atoms with E-state index in [2.05, 4.69) is 19.7 Å². The second kappa shape index (κ2) is 29.0. The average molecular weight is 1260 g/mol. The van der Waals surface area contributed by atoms with E-state index in [1.165, 1.54) is 84.1 Å². The Morgan fingerprint density at radius 1 is 0.628 bits per heavy atom. The van der Waals surface area contributed by atoms with Crippen LogP contribution in [-0.2, 0) is 42.2 Å². The maximum Gasteiger partial charge on any atom is 0.513 e. The predicted octanol–water partition coefficient (Wildman–Crippen LogP) is 4.65. The van der Waals surface area contributed by atoms with Crippen LogP contribution in [0.2, 0.25) is 0 Å². The lowest BCUT2D eigenvalue weighted by Crippen LogP contribution is -2.41. The second-order valence-electron chi connectivity index (χ2n) is 19.7. The maximum atomic E-state index is 14.0. The first-order valence-corrected chi connectivity index (χ1v) is 28.6. The Bertz CT molecular complexity index is 3620. The molecule has 0 amide bonds. The number of rotatable bonds is 20. The van der Waals surface area contributed by atoms with Gasteiger partial charge in [0, 0.05) is 24.5 Å². The molecule has 12 atom stereocenters. The van der Waals surface area contributed by atoms with Crippen LogP contribution in [0, 0.1) is 62.6 Å². The van der Waals surface area contributed by atoms with Crippen LogP contribution in [-0.4, -0.2) is 108 Å². The van der Waals surface area contributed by atoms with Gasteiger partial charge in [-0.2, -0.15) is 29.5 Å². The molecule has 3 aromatic carbocycles. The average Bonchev–Trinajstić information content (AvgIpc) is 2.46. The molecule has 2 aliphatic heterocycles. The van der Waals surface area contributed by atoms with Crippen molar-refractivity contribution >= 4 is 27.4 Å². The largest absolute Gasteiger partial charge is 0.513 e. The van der Waals surface area contributed by atoms with Crippen molar-refractivity contribution in [1.82, 2.24) is 29.3 Å². The topological polar surface area (TPSA) is 384 Å². The summed E-state index contributed by atoms with van der Waals surface area (Å²) in [5, 5.41) is 53.6. The number of aromatic nitrogens is 4. The Morgan fingerprint density at radius 2 is 1.00 bits per heavy atom. The number of nitriles is 2. The van der Waals surface area contributed by atoms with Crippen LogP contribution >= 0.6 is 15.5 Å². The van der Waals surface area contributed by atoms with Gasteiger partial charge in [-0.15, -0.1) is 0 Å². The molecule has 34 heteroatoms. The number of hydrogen-bond acceptors (Lipinski definition) is 21. The Hall–Kier alpha value is -7.87. The Kier molecular flexibility index (Phi) is 23.2. The number of benzene rings is 3. The fraction of sp³-hybridized carbons (Fsp3) is 0.423. The van der Waals surface area contributed by atoms with Crippen LogP contribution in [0.1, 0.15) is 67.8 Å². The van der Waals surface area contributed by atoms with Gasteiger partial charge in [0.2, 0.25) is 34.8 Å². The van der Waals surface area contributed by atoms with Gasteiger partial charge in [0.15, 0.2) is 12.5 Å². The lowest BCUT2D eigenvalue weighted by Gasteiger charge is -2.26.